The van der Waals surface area contributed by atoms with Gasteiger partial charge in [-0.15, -0.1) is 0 Å². The second-order valence-corrected chi connectivity index (χ2v) is 20.6. The van der Waals surface area contributed by atoms with Gasteiger partial charge in [0.15, 0.2) is 5.75 Å². The van der Waals surface area contributed by atoms with E-state index in [2.05, 4.69) is 255 Å². The smallest absolute Gasteiger partial charge is 0.159 e. The summed E-state index contributed by atoms with van der Waals surface area (Å²) in [5, 5.41) is 2.23. The van der Waals surface area contributed by atoms with Crippen LogP contribution in [-0.2, 0) is 10.8 Å². The van der Waals surface area contributed by atoms with Gasteiger partial charge in [-0.25, -0.2) is 0 Å². The molecule has 4 aliphatic rings. The SMILES string of the molecule is CC1(C)c2ccccc2-c2ccc(N(c3ccc4c(c3)C3(c5ccccc5-c5ccccc5-4)c4ccccc4-c4cc5oc6ccccc6c5cc43)c3cccc4c3Oc3ccccc3-c3ccccc3-4)cc21. The van der Waals surface area contributed by atoms with Crippen LogP contribution in [0.25, 0.3) is 88.7 Å². The number of anilines is 3. The van der Waals surface area contributed by atoms with Crippen molar-refractivity contribution in [3.8, 4) is 78.3 Å². The van der Waals surface area contributed by atoms with Crippen molar-refractivity contribution >= 4 is 39.0 Å². The van der Waals surface area contributed by atoms with Crippen LogP contribution >= 0.6 is 0 Å². The molecule has 342 valence electrons. The summed E-state index contributed by atoms with van der Waals surface area (Å²) >= 11 is 0. The van der Waals surface area contributed by atoms with E-state index in [1.54, 1.807) is 0 Å². The predicted molar refractivity (Wildman–Crippen MR) is 299 cm³/mol. The van der Waals surface area contributed by atoms with Crippen molar-refractivity contribution in [2.45, 2.75) is 24.7 Å². The van der Waals surface area contributed by atoms with Gasteiger partial charge in [-0.1, -0.05) is 196 Å². The fourth-order valence-corrected chi connectivity index (χ4v) is 13.6. The molecule has 1 aromatic heterocycles. The number of fused-ring (bicyclic) bond motifs is 23. The van der Waals surface area contributed by atoms with Gasteiger partial charge in [-0.05, 0) is 144 Å². The second-order valence-electron chi connectivity index (χ2n) is 20.6. The van der Waals surface area contributed by atoms with Crippen molar-refractivity contribution in [3.05, 3.63) is 270 Å². The Kier molecular flexibility index (Phi) is 8.16. The van der Waals surface area contributed by atoms with Crippen molar-refractivity contribution < 1.29 is 9.15 Å². The Morgan fingerprint density at radius 2 is 0.795 bits per heavy atom. The van der Waals surface area contributed by atoms with Gasteiger partial charge in [-0.2, -0.15) is 0 Å². The zero-order valence-electron chi connectivity index (χ0n) is 40.3. The van der Waals surface area contributed by atoms with Gasteiger partial charge in [0.2, 0.25) is 0 Å². The Morgan fingerprint density at radius 1 is 0.315 bits per heavy atom. The average molecular weight is 932 g/mol. The number of rotatable bonds is 3. The van der Waals surface area contributed by atoms with Crippen molar-refractivity contribution in [1.29, 1.82) is 0 Å². The van der Waals surface area contributed by atoms with E-state index in [4.69, 9.17) is 9.15 Å². The maximum absolute atomic E-state index is 7.35. The second kappa shape index (κ2) is 14.7. The van der Waals surface area contributed by atoms with Gasteiger partial charge in [0.05, 0.1) is 11.1 Å². The summed E-state index contributed by atoms with van der Waals surface area (Å²) < 4.78 is 14.0. The Hall–Kier alpha value is -9.18. The number of nitrogens with zero attached hydrogens (tertiary/aromatic N) is 1. The topological polar surface area (TPSA) is 25.6 Å². The van der Waals surface area contributed by atoms with Crippen LogP contribution in [0.1, 0.15) is 47.2 Å². The monoisotopic (exact) mass is 931 g/mol. The fraction of sp³-hybridized carbons (Fsp3) is 0.0571. The van der Waals surface area contributed by atoms with Gasteiger partial charge in [0.1, 0.15) is 16.9 Å². The zero-order chi connectivity index (χ0) is 48.2. The lowest BCUT2D eigenvalue weighted by molar-refractivity contribution is 0.489. The Balaban J connectivity index is 1.03. The number of para-hydroxylation sites is 3. The van der Waals surface area contributed by atoms with Gasteiger partial charge in [-0.3, -0.25) is 0 Å². The lowest BCUT2D eigenvalue weighted by Crippen LogP contribution is -2.29. The van der Waals surface area contributed by atoms with Gasteiger partial charge in [0.25, 0.3) is 0 Å². The molecule has 1 spiro atoms. The van der Waals surface area contributed by atoms with Crippen molar-refractivity contribution in [3.63, 3.8) is 0 Å². The van der Waals surface area contributed by atoms with Crippen molar-refractivity contribution in [2.75, 3.05) is 4.90 Å². The maximum atomic E-state index is 7.35. The van der Waals surface area contributed by atoms with Crippen LogP contribution in [0.5, 0.6) is 11.5 Å². The summed E-state index contributed by atoms with van der Waals surface area (Å²) in [6.45, 7) is 4.74. The summed E-state index contributed by atoms with van der Waals surface area (Å²) in [5.41, 5.74) is 25.8. The van der Waals surface area contributed by atoms with Crippen LogP contribution in [0.2, 0.25) is 0 Å². The summed E-state index contributed by atoms with van der Waals surface area (Å²) in [5.74, 6) is 1.65. The van der Waals surface area contributed by atoms with Crippen molar-refractivity contribution in [1.82, 2.24) is 0 Å². The molecule has 1 atom stereocenters. The summed E-state index contributed by atoms with van der Waals surface area (Å²) in [4.78, 5) is 2.47. The zero-order valence-corrected chi connectivity index (χ0v) is 40.3. The summed E-state index contributed by atoms with van der Waals surface area (Å²) in [6, 6.07) is 87.6. The van der Waals surface area contributed by atoms with E-state index >= 15 is 0 Å². The normalized spacial score (nSPS) is 15.5. The molecule has 11 aromatic carbocycles. The third kappa shape index (κ3) is 5.38. The molecule has 3 nitrogen and oxygen atoms in total. The molecular formula is C70H45NO2. The van der Waals surface area contributed by atoms with Gasteiger partial charge < -0.3 is 14.1 Å². The van der Waals surface area contributed by atoms with Gasteiger partial charge >= 0.3 is 0 Å². The minimum Gasteiger partial charge on any atom is -0.456 e. The summed E-state index contributed by atoms with van der Waals surface area (Å²) in [6.07, 6.45) is 0. The molecule has 73 heavy (non-hydrogen) atoms. The molecule has 0 fully saturated rings. The van der Waals surface area contributed by atoms with Crippen LogP contribution in [0, 0.1) is 0 Å². The molecule has 1 aliphatic heterocycles. The molecule has 0 saturated heterocycles. The molecule has 12 aromatic rings. The number of hydrogen-bond acceptors (Lipinski definition) is 3. The van der Waals surface area contributed by atoms with Crippen LogP contribution in [0.15, 0.2) is 241 Å². The third-order valence-electron chi connectivity index (χ3n) is 16.7. The first kappa shape index (κ1) is 40.5. The van der Waals surface area contributed by atoms with E-state index in [0.717, 1.165) is 72.8 Å². The molecule has 2 heterocycles. The maximum Gasteiger partial charge on any atom is 0.159 e. The van der Waals surface area contributed by atoms with Crippen LogP contribution in [0.3, 0.4) is 0 Å². The van der Waals surface area contributed by atoms with E-state index in [-0.39, 0.29) is 5.41 Å². The van der Waals surface area contributed by atoms with Crippen LogP contribution in [-0.4, -0.2) is 0 Å². The highest BCUT2D eigenvalue weighted by atomic mass is 16.5. The van der Waals surface area contributed by atoms with E-state index < -0.39 is 5.41 Å². The highest BCUT2D eigenvalue weighted by molar-refractivity contribution is 6.09. The number of benzene rings is 11. The first-order chi connectivity index (χ1) is 36.0. The molecule has 1 unspecified atom stereocenters. The Labute approximate surface area is 423 Å². The number of ether oxygens (including phenoxy) is 1. The minimum atomic E-state index is -0.741. The minimum absolute atomic E-state index is 0.222. The molecule has 0 radical (unpaired) electrons. The molecule has 0 N–H and O–H groups in total. The molecule has 0 saturated carbocycles. The van der Waals surface area contributed by atoms with E-state index in [0.29, 0.717) is 0 Å². The summed E-state index contributed by atoms with van der Waals surface area (Å²) in [7, 11) is 0. The number of furan rings is 1. The van der Waals surface area contributed by atoms with Crippen molar-refractivity contribution in [2.24, 2.45) is 0 Å². The highest BCUT2D eigenvalue weighted by Gasteiger charge is 2.50. The van der Waals surface area contributed by atoms with Gasteiger partial charge in [0, 0.05) is 38.7 Å². The molecule has 16 rings (SSSR count). The quantitative estimate of drug-likeness (QED) is 0.177. The average Bonchev–Trinajstić information content (AvgIpc) is 3.98. The Bertz CT molecular complexity index is 4360. The largest absolute Gasteiger partial charge is 0.456 e. The molecule has 0 amide bonds. The Morgan fingerprint density at radius 3 is 1.49 bits per heavy atom. The lowest BCUT2D eigenvalue weighted by Gasteiger charge is -2.37. The molecule has 0 bridgehead atoms. The predicted octanol–water partition coefficient (Wildman–Crippen LogP) is 18.8. The van der Waals surface area contributed by atoms with E-state index in [1.807, 2.05) is 0 Å². The molecule has 3 heteroatoms. The number of hydrogen-bond donors (Lipinski definition) is 0. The first-order valence-corrected chi connectivity index (χ1v) is 25.4. The van der Waals surface area contributed by atoms with Crippen LogP contribution in [0.4, 0.5) is 17.1 Å². The lowest BCUT2D eigenvalue weighted by atomic mass is 9.65. The third-order valence-corrected chi connectivity index (χ3v) is 16.7. The van der Waals surface area contributed by atoms with E-state index in [1.165, 1.54) is 77.9 Å². The molecule has 3 aliphatic carbocycles. The fourth-order valence-electron chi connectivity index (χ4n) is 13.6. The molecular weight excluding hydrogens is 887 g/mol. The highest BCUT2D eigenvalue weighted by Crippen LogP contribution is 2.64. The van der Waals surface area contributed by atoms with Crippen LogP contribution < -0.4 is 9.64 Å². The first-order valence-electron chi connectivity index (χ1n) is 25.4. The van der Waals surface area contributed by atoms with E-state index in [9.17, 15) is 0 Å². The standard InChI is InChI=1S/C70H45NO2/c1-69(2)58-28-12-7-23-49(58)52-37-35-42(38-61(52)69)71(64-31-17-27-55-47-21-6-5-20-46(47)53-25-10-16-33-66(53)73-68(55)64)43-34-36-51-45-19-4-3-18-44(45)48-22-8-13-29-59(48)70(62(51)39-43)60-30-14-9-24-50(60)56-41-67-57(40-63(56)70)54-26-11-15-32-65(54)72-67/h3-41H,1-2H3.